The van der Waals surface area contributed by atoms with Crippen molar-refractivity contribution in [1.82, 2.24) is 25.1 Å². The Morgan fingerprint density at radius 3 is 2.50 bits per heavy atom. The maximum Gasteiger partial charge on any atom is 0.251 e. The molecule has 1 amide bonds. The third-order valence-corrected chi connectivity index (χ3v) is 5.24. The molecule has 0 spiro atoms. The lowest BCUT2D eigenvalue weighted by molar-refractivity contribution is 0.0954. The summed E-state index contributed by atoms with van der Waals surface area (Å²) in [6, 6.07) is 14.9. The van der Waals surface area contributed by atoms with Crippen molar-refractivity contribution in [2.75, 3.05) is 32.6 Å². The Labute approximate surface area is 195 Å². The maximum atomic E-state index is 13.0. The van der Waals surface area contributed by atoms with Gasteiger partial charge in [-0.2, -0.15) is 4.52 Å². The molecule has 0 radical (unpaired) electrons. The van der Waals surface area contributed by atoms with E-state index in [1.165, 1.54) is 24.3 Å². The van der Waals surface area contributed by atoms with Gasteiger partial charge in [-0.1, -0.05) is 6.07 Å². The van der Waals surface area contributed by atoms with E-state index in [2.05, 4.69) is 25.9 Å². The molecule has 0 saturated heterocycles. The number of methoxy groups -OCH3 is 2. The minimum Gasteiger partial charge on any atom is -0.493 e. The summed E-state index contributed by atoms with van der Waals surface area (Å²) in [7, 11) is 3.23. The molecule has 0 aliphatic rings. The van der Waals surface area contributed by atoms with E-state index < -0.39 is 0 Å². The topological polar surface area (TPSA) is 103 Å². The molecule has 0 aliphatic heterocycles. The zero-order valence-corrected chi connectivity index (χ0v) is 18.9. The van der Waals surface area contributed by atoms with Crippen LogP contribution < -0.4 is 20.1 Å². The first-order valence-corrected chi connectivity index (χ1v) is 10.8. The van der Waals surface area contributed by atoms with Crippen molar-refractivity contribution in [3.8, 4) is 11.5 Å². The number of hydrogen-bond acceptors (Lipinski definition) is 7. The van der Waals surface area contributed by atoms with Gasteiger partial charge in [-0.25, -0.2) is 4.39 Å². The number of hydrogen-bond donors (Lipinski definition) is 2. The van der Waals surface area contributed by atoms with E-state index >= 15 is 0 Å². The lowest BCUT2D eigenvalue weighted by Gasteiger charge is -2.10. The molecule has 4 rings (SSSR count). The van der Waals surface area contributed by atoms with Gasteiger partial charge in [0.2, 0.25) is 0 Å². The van der Waals surface area contributed by atoms with Crippen LogP contribution in [0.2, 0.25) is 0 Å². The lowest BCUT2D eigenvalue weighted by Crippen LogP contribution is -2.26. The second kappa shape index (κ2) is 10.6. The molecule has 2 heterocycles. The molecule has 0 aliphatic carbocycles. The van der Waals surface area contributed by atoms with Gasteiger partial charge >= 0.3 is 0 Å². The summed E-state index contributed by atoms with van der Waals surface area (Å²) >= 11 is 0. The molecule has 0 unspecified atom stereocenters. The highest BCUT2D eigenvalue weighted by Crippen LogP contribution is 2.27. The van der Waals surface area contributed by atoms with Crippen molar-refractivity contribution >= 4 is 17.4 Å². The highest BCUT2D eigenvalue weighted by atomic mass is 19.1. The summed E-state index contributed by atoms with van der Waals surface area (Å²) < 4.78 is 25.3. The number of carbonyl (C=O) groups excluding carboxylic acids is 1. The molecule has 9 nitrogen and oxygen atoms in total. The first-order chi connectivity index (χ1) is 16.6. The van der Waals surface area contributed by atoms with Gasteiger partial charge in [0.05, 0.1) is 14.2 Å². The zero-order chi connectivity index (χ0) is 23.9. The summed E-state index contributed by atoms with van der Waals surface area (Å²) in [6.45, 7) is 1.01. The molecular formula is C24H25FN6O3. The first kappa shape index (κ1) is 23.0. The number of ether oxygens (including phenoxy) is 2. The number of nitrogens with zero attached hydrogens (tertiary/aromatic N) is 4. The Bertz CT molecular complexity index is 1280. The van der Waals surface area contributed by atoms with Crippen LogP contribution in [0.5, 0.6) is 11.5 Å². The van der Waals surface area contributed by atoms with Crippen LogP contribution in [0.1, 0.15) is 21.7 Å². The average molecular weight is 465 g/mol. The Morgan fingerprint density at radius 1 is 0.941 bits per heavy atom. The normalized spacial score (nSPS) is 10.8. The quantitative estimate of drug-likeness (QED) is 0.372. The van der Waals surface area contributed by atoms with Crippen LogP contribution in [0.4, 0.5) is 10.2 Å². The number of halogens is 1. The van der Waals surface area contributed by atoms with Crippen LogP contribution in [0, 0.1) is 5.82 Å². The van der Waals surface area contributed by atoms with Crippen molar-refractivity contribution in [3.63, 3.8) is 0 Å². The predicted molar refractivity (Wildman–Crippen MR) is 125 cm³/mol. The average Bonchev–Trinajstić information content (AvgIpc) is 3.26. The first-order valence-electron chi connectivity index (χ1n) is 10.8. The summed E-state index contributed by atoms with van der Waals surface area (Å²) in [4.78, 5) is 12.2. The van der Waals surface area contributed by atoms with Crippen molar-refractivity contribution < 1.29 is 18.7 Å². The lowest BCUT2D eigenvalue weighted by atomic mass is 10.1. The van der Waals surface area contributed by atoms with Crippen LogP contribution in [0.25, 0.3) is 5.65 Å². The van der Waals surface area contributed by atoms with Crippen molar-refractivity contribution in [3.05, 3.63) is 77.4 Å². The van der Waals surface area contributed by atoms with Crippen LogP contribution >= 0.6 is 0 Å². The maximum absolute atomic E-state index is 13.0. The van der Waals surface area contributed by atoms with E-state index in [9.17, 15) is 9.18 Å². The number of rotatable bonds is 10. The molecule has 2 aromatic carbocycles. The Kier molecular flexibility index (Phi) is 7.16. The van der Waals surface area contributed by atoms with Crippen LogP contribution in [0.15, 0.2) is 54.6 Å². The van der Waals surface area contributed by atoms with E-state index in [1.807, 2.05) is 30.3 Å². The molecule has 0 bridgehead atoms. The summed E-state index contributed by atoms with van der Waals surface area (Å²) in [6.07, 6.45) is 1.21. The van der Waals surface area contributed by atoms with Gasteiger partial charge in [-0.3, -0.25) is 4.79 Å². The molecule has 176 valence electrons. The van der Waals surface area contributed by atoms with E-state index in [4.69, 9.17) is 9.47 Å². The van der Waals surface area contributed by atoms with Crippen molar-refractivity contribution in [1.29, 1.82) is 0 Å². The minimum absolute atomic E-state index is 0.278. The largest absolute Gasteiger partial charge is 0.493 e. The van der Waals surface area contributed by atoms with Crippen LogP contribution in [-0.4, -0.2) is 53.0 Å². The highest BCUT2D eigenvalue weighted by molar-refractivity contribution is 5.94. The summed E-state index contributed by atoms with van der Waals surface area (Å²) in [5, 5.41) is 19.0. The van der Waals surface area contributed by atoms with E-state index in [1.54, 1.807) is 18.7 Å². The molecule has 10 heteroatoms. The molecule has 34 heavy (non-hydrogen) atoms. The molecule has 0 atom stereocenters. The second-order valence-electron chi connectivity index (χ2n) is 7.48. The number of carbonyl (C=O) groups is 1. The van der Waals surface area contributed by atoms with Gasteiger partial charge in [0, 0.05) is 25.1 Å². The smallest absolute Gasteiger partial charge is 0.251 e. The van der Waals surface area contributed by atoms with E-state index in [-0.39, 0.29) is 11.7 Å². The SMILES string of the molecule is COc1ccc(CCNc2ccc3nnc(CCNC(=O)c4ccc(F)cc4)n3n2)cc1OC. The molecule has 2 N–H and O–H groups in total. The van der Waals surface area contributed by atoms with Crippen LogP contribution in [0.3, 0.4) is 0 Å². The number of aromatic nitrogens is 4. The number of benzene rings is 2. The van der Waals surface area contributed by atoms with Gasteiger partial charge in [-0.05, 0) is 60.5 Å². The third kappa shape index (κ3) is 5.40. The minimum atomic E-state index is -0.384. The van der Waals surface area contributed by atoms with E-state index in [0.29, 0.717) is 53.9 Å². The van der Waals surface area contributed by atoms with E-state index in [0.717, 1.165) is 12.0 Å². The molecule has 4 aromatic rings. The highest BCUT2D eigenvalue weighted by Gasteiger charge is 2.10. The fraction of sp³-hybridized carbons (Fsp3) is 0.250. The van der Waals surface area contributed by atoms with Gasteiger partial charge in [0.15, 0.2) is 23.0 Å². The van der Waals surface area contributed by atoms with Crippen LogP contribution in [-0.2, 0) is 12.8 Å². The number of nitrogens with one attached hydrogen (secondary N) is 2. The van der Waals surface area contributed by atoms with Gasteiger partial charge in [0.1, 0.15) is 11.6 Å². The van der Waals surface area contributed by atoms with Gasteiger partial charge in [-0.15, -0.1) is 15.3 Å². The Morgan fingerprint density at radius 2 is 1.74 bits per heavy atom. The summed E-state index contributed by atoms with van der Waals surface area (Å²) in [5.41, 5.74) is 2.12. The third-order valence-electron chi connectivity index (χ3n) is 5.24. The van der Waals surface area contributed by atoms with Crippen molar-refractivity contribution in [2.24, 2.45) is 0 Å². The molecular weight excluding hydrogens is 439 g/mol. The fourth-order valence-electron chi connectivity index (χ4n) is 3.45. The Balaban J connectivity index is 1.33. The molecule has 0 fully saturated rings. The van der Waals surface area contributed by atoms with Gasteiger partial charge in [0.25, 0.3) is 5.91 Å². The predicted octanol–water partition coefficient (Wildman–Crippen LogP) is 2.91. The second-order valence-corrected chi connectivity index (χ2v) is 7.48. The number of fused-ring (bicyclic) bond motifs is 1. The number of anilines is 1. The van der Waals surface area contributed by atoms with Gasteiger partial charge < -0.3 is 20.1 Å². The fourth-order valence-corrected chi connectivity index (χ4v) is 3.45. The molecule has 2 aromatic heterocycles. The monoisotopic (exact) mass is 464 g/mol. The standard InChI is InChI=1S/C24H25FN6O3/c1-33-19-8-3-16(15-20(19)34-2)11-13-26-21-9-10-22-28-29-23(31(22)30-21)12-14-27-24(32)17-4-6-18(25)7-5-17/h3-10,15H,11-14H2,1-2H3,(H,26,30)(H,27,32). The summed E-state index contributed by atoms with van der Waals surface area (Å²) in [5.74, 6) is 2.04. The molecule has 0 saturated carbocycles. The Hall–Kier alpha value is -4.21. The zero-order valence-electron chi connectivity index (χ0n) is 18.9. The van der Waals surface area contributed by atoms with Crippen molar-refractivity contribution in [2.45, 2.75) is 12.8 Å². The number of amides is 1.